The normalized spacial score (nSPS) is 12.6. The van der Waals surface area contributed by atoms with Crippen molar-refractivity contribution in [1.29, 1.82) is 0 Å². The third kappa shape index (κ3) is 7.00. The molecule has 134 valence electrons. The average molecular weight is 424 g/mol. The van der Waals surface area contributed by atoms with Crippen LogP contribution in [0.3, 0.4) is 0 Å². The second-order valence-electron chi connectivity index (χ2n) is 6.02. The lowest BCUT2D eigenvalue weighted by molar-refractivity contribution is -0.119. The zero-order valence-electron chi connectivity index (χ0n) is 14.1. The summed E-state index contributed by atoms with van der Waals surface area (Å²) in [5.74, 6) is -0.917. The molecule has 0 spiro atoms. The second kappa shape index (κ2) is 9.15. The number of rotatable bonds is 8. The first-order valence-electron chi connectivity index (χ1n) is 8.15. The molecule has 0 saturated heterocycles. The van der Waals surface area contributed by atoms with E-state index in [1.54, 1.807) is 0 Å². The molecule has 0 bridgehead atoms. The van der Waals surface area contributed by atoms with E-state index in [-0.39, 0.29) is 11.8 Å². The van der Waals surface area contributed by atoms with Crippen LogP contribution >= 0.6 is 15.9 Å². The van der Waals surface area contributed by atoms with Gasteiger partial charge in [-0.25, -0.2) is 8.42 Å². The van der Waals surface area contributed by atoms with Gasteiger partial charge in [0.05, 0.1) is 11.8 Å². The Labute approximate surface area is 157 Å². The summed E-state index contributed by atoms with van der Waals surface area (Å²) in [6.45, 7) is 1.84. The van der Waals surface area contributed by atoms with Crippen LogP contribution in [0.25, 0.3) is 0 Å². The molecule has 6 heteroatoms. The van der Waals surface area contributed by atoms with Crippen molar-refractivity contribution < 1.29 is 13.2 Å². The predicted molar refractivity (Wildman–Crippen MR) is 104 cm³/mol. The lowest BCUT2D eigenvalue weighted by Gasteiger charge is -2.14. The average Bonchev–Trinajstić information content (AvgIpc) is 2.55. The number of aryl methyl sites for hydroxylation is 1. The quantitative estimate of drug-likeness (QED) is 0.704. The van der Waals surface area contributed by atoms with Crippen molar-refractivity contribution >= 4 is 31.7 Å². The fourth-order valence-corrected chi connectivity index (χ4v) is 4.01. The van der Waals surface area contributed by atoms with E-state index in [1.807, 2.05) is 61.5 Å². The minimum absolute atomic E-state index is 0.0159. The Balaban J connectivity index is 1.80. The number of nitrogens with one attached hydrogen (secondary N) is 1. The van der Waals surface area contributed by atoms with E-state index in [4.69, 9.17) is 0 Å². The number of hydrogen-bond acceptors (Lipinski definition) is 3. The highest BCUT2D eigenvalue weighted by atomic mass is 79.9. The van der Waals surface area contributed by atoms with Crippen LogP contribution in [-0.4, -0.2) is 25.8 Å². The van der Waals surface area contributed by atoms with Gasteiger partial charge >= 0.3 is 0 Å². The molecule has 0 fully saturated rings. The van der Waals surface area contributed by atoms with Gasteiger partial charge in [0.15, 0.2) is 9.84 Å². The van der Waals surface area contributed by atoms with E-state index in [0.29, 0.717) is 12.8 Å². The zero-order valence-corrected chi connectivity index (χ0v) is 16.5. The molecule has 0 aliphatic heterocycles. The Kier molecular flexibility index (Phi) is 7.20. The molecular weight excluding hydrogens is 402 g/mol. The SMILES string of the molecule is CC(NC(=O)CS(=O)(=O)CCCc1ccccc1)c1ccc(Br)cc1. The Morgan fingerprint density at radius 2 is 1.72 bits per heavy atom. The van der Waals surface area contributed by atoms with Gasteiger partial charge in [-0.05, 0) is 43.0 Å². The summed E-state index contributed by atoms with van der Waals surface area (Å²) in [6.07, 6.45) is 1.21. The minimum atomic E-state index is -3.41. The van der Waals surface area contributed by atoms with Crippen molar-refractivity contribution in [2.45, 2.75) is 25.8 Å². The third-order valence-electron chi connectivity index (χ3n) is 3.86. The summed E-state index contributed by atoms with van der Waals surface area (Å²) in [5.41, 5.74) is 2.03. The molecule has 1 N–H and O–H groups in total. The maximum atomic E-state index is 12.1. The first-order chi connectivity index (χ1) is 11.9. The van der Waals surface area contributed by atoms with E-state index in [9.17, 15) is 13.2 Å². The minimum Gasteiger partial charge on any atom is -0.349 e. The predicted octanol–water partition coefficient (Wildman–Crippen LogP) is 3.67. The van der Waals surface area contributed by atoms with Crippen molar-refractivity contribution in [2.24, 2.45) is 0 Å². The van der Waals surface area contributed by atoms with Crippen LogP contribution < -0.4 is 5.32 Å². The summed E-state index contributed by atoms with van der Waals surface area (Å²) in [4.78, 5) is 12.0. The Hall–Kier alpha value is -1.66. The molecule has 25 heavy (non-hydrogen) atoms. The van der Waals surface area contributed by atoms with E-state index in [1.165, 1.54) is 0 Å². The standard InChI is InChI=1S/C19H22BrNO3S/c1-15(17-9-11-18(20)12-10-17)21-19(22)14-25(23,24)13-5-8-16-6-3-2-4-7-16/h2-4,6-7,9-12,15H,5,8,13-14H2,1H3,(H,21,22). The van der Waals surface area contributed by atoms with Crippen molar-refractivity contribution in [1.82, 2.24) is 5.32 Å². The third-order valence-corrected chi connectivity index (χ3v) is 6.00. The van der Waals surface area contributed by atoms with E-state index >= 15 is 0 Å². The number of benzene rings is 2. The molecule has 2 rings (SSSR count). The van der Waals surface area contributed by atoms with Crippen LogP contribution in [0.4, 0.5) is 0 Å². The van der Waals surface area contributed by atoms with Gasteiger partial charge in [0, 0.05) is 4.47 Å². The molecule has 0 aromatic heterocycles. The largest absolute Gasteiger partial charge is 0.349 e. The van der Waals surface area contributed by atoms with Crippen LogP contribution in [0.2, 0.25) is 0 Å². The molecule has 4 nitrogen and oxygen atoms in total. The van der Waals surface area contributed by atoms with Gasteiger partial charge in [-0.2, -0.15) is 0 Å². The van der Waals surface area contributed by atoms with Gasteiger partial charge < -0.3 is 5.32 Å². The lowest BCUT2D eigenvalue weighted by Crippen LogP contribution is -2.33. The monoisotopic (exact) mass is 423 g/mol. The van der Waals surface area contributed by atoms with Crippen LogP contribution in [0, 0.1) is 0 Å². The Morgan fingerprint density at radius 3 is 2.36 bits per heavy atom. The Bertz CT molecular complexity index is 789. The molecule has 1 unspecified atom stereocenters. The van der Waals surface area contributed by atoms with Crippen LogP contribution in [-0.2, 0) is 21.1 Å². The Morgan fingerprint density at radius 1 is 1.08 bits per heavy atom. The molecule has 1 amide bonds. The number of amides is 1. The van der Waals surface area contributed by atoms with E-state index in [2.05, 4.69) is 21.2 Å². The highest BCUT2D eigenvalue weighted by molar-refractivity contribution is 9.10. The summed E-state index contributed by atoms with van der Waals surface area (Å²) in [5, 5.41) is 2.75. The topological polar surface area (TPSA) is 63.2 Å². The van der Waals surface area contributed by atoms with Crippen LogP contribution in [0.15, 0.2) is 59.1 Å². The summed E-state index contributed by atoms with van der Waals surface area (Å²) in [7, 11) is -3.41. The molecule has 0 aliphatic rings. The smallest absolute Gasteiger partial charge is 0.235 e. The van der Waals surface area contributed by atoms with Crippen molar-refractivity contribution in [3.8, 4) is 0 Å². The fourth-order valence-electron chi connectivity index (χ4n) is 2.53. The van der Waals surface area contributed by atoms with Gasteiger partial charge in [0.1, 0.15) is 5.75 Å². The summed E-state index contributed by atoms with van der Waals surface area (Å²) < 4.78 is 25.2. The van der Waals surface area contributed by atoms with E-state index in [0.717, 1.165) is 15.6 Å². The van der Waals surface area contributed by atoms with Gasteiger partial charge in [-0.3, -0.25) is 4.79 Å². The molecule has 0 aliphatic carbocycles. The van der Waals surface area contributed by atoms with E-state index < -0.39 is 21.5 Å². The van der Waals surface area contributed by atoms with Gasteiger partial charge in [-0.1, -0.05) is 58.4 Å². The van der Waals surface area contributed by atoms with Crippen LogP contribution in [0.5, 0.6) is 0 Å². The van der Waals surface area contributed by atoms with Gasteiger partial charge in [-0.15, -0.1) is 0 Å². The molecule has 0 radical (unpaired) electrons. The highest BCUT2D eigenvalue weighted by Gasteiger charge is 2.18. The van der Waals surface area contributed by atoms with Gasteiger partial charge in [0.25, 0.3) is 0 Å². The number of hydrogen-bond donors (Lipinski definition) is 1. The molecule has 2 aromatic rings. The van der Waals surface area contributed by atoms with Crippen molar-refractivity contribution in [3.05, 3.63) is 70.2 Å². The lowest BCUT2D eigenvalue weighted by atomic mass is 10.1. The number of sulfone groups is 1. The summed E-state index contributed by atoms with van der Waals surface area (Å²) >= 11 is 3.36. The second-order valence-corrected chi connectivity index (χ2v) is 9.12. The first-order valence-corrected chi connectivity index (χ1v) is 10.8. The van der Waals surface area contributed by atoms with Gasteiger partial charge in [0.2, 0.25) is 5.91 Å². The molecule has 1 atom stereocenters. The molecule has 2 aromatic carbocycles. The maximum Gasteiger partial charge on any atom is 0.235 e. The first kappa shape index (κ1) is 19.7. The summed E-state index contributed by atoms with van der Waals surface area (Å²) in [6, 6.07) is 17.1. The zero-order chi connectivity index (χ0) is 18.3. The maximum absolute atomic E-state index is 12.1. The number of carbonyl (C=O) groups excluding carboxylic acids is 1. The molecular formula is C19H22BrNO3S. The van der Waals surface area contributed by atoms with Crippen molar-refractivity contribution in [3.63, 3.8) is 0 Å². The fraction of sp³-hybridized carbons (Fsp3) is 0.316. The number of carbonyl (C=O) groups is 1. The molecule has 0 heterocycles. The molecule has 0 saturated carbocycles. The van der Waals surface area contributed by atoms with Crippen LogP contribution in [0.1, 0.15) is 30.5 Å². The van der Waals surface area contributed by atoms with Crippen molar-refractivity contribution in [2.75, 3.05) is 11.5 Å². The number of halogens is 1. The highest BCUT2D eigenvalue weighted by Crippen LogP contribution is 2.16.